The summed E-state index contributed by atoms with van der Waals surface area (Å²) in [5, 5.41) is 0.530. The Bertz CT molecular complexity index is 424. The van der Waals surface area contributed by atoms with Gasteiger partial charge in [-0.1, -0.05) is 31.0 Å². The Labute approximate surface area is 113 Å². The minimum atomic E-state index is -0.337. The molecule has 0 amide bonds. The van der Waals surface area contributed by atoms with Gasteiger partial charge in [0, 0.05) is 5.02 Å². The fourth-order valence-corrected chi connectivity index (χ4v) is 2.50. The summed E-state index contributed by atoms with van der Waals surface area (Å²) in [6.07, 6.45) is 6.03. The third-order valence-electron chi connectivity index (χ3n) is 3.70. The van der Waals surface area contributed by atoms with Gasteiger partial charge in [-0.3, -0.25) is 0 Å². The fourth-order valence-electron chi connectivity index (χ4n) is 2.33. The molecule has 0 aromatic heterocycles. The minimum Gasteiger partial charge on any atom is -0.462 e. The van der Waals surface area contributed by atoms with Gasteiger partial charge in [-0.25, -0.2) is 4.79 Å². The molecule has 0 spiro atoms. The number of hydrogen-bond acceptors (Lipinski definition) is 2. The Morgan fingerprint density at radius 2 is 2.33 bits per heavy atom. The van der Waals surface area contributed by atoms with Crippen LogP contribution in [0.3, 0.4) is 0 Å². The van der Waals surface area contributed by atoms with Gasteiger partial charge in [0.1, 0.15) is 0 Å². The maximum Gasteiger partial charge on any atom is 0.338 e. The molecule has 0 aliphatic heterocycles. The van der Waals surface area contributed by atoms with Gasteiger partial charge in [0.05, 0.1) is 12.2 Å². The zero-order chi connectivity index (χ0) is 13.0. The summed E-state index contributed by atoms with van der Waals surface area (Å²) >= 11 is 5.81. The van der Waals surface area contributed by atoms with E-state index in [1.807, 2.05) is 0 Å². The molecule has 1 aromatic carbocycles. The molecule has 2 nitrogen and oxygen atoms in total. The summed E-state index contributed by atoms with van der Waals surface area (Å²) in [5.41, 5.74) is 0.895. The van der Waals surface area contributed by atoms with E-state index in [-0.39, 0.29) is 5.97 Å². The number of carbonyl (C=O) groups excluding carboxylic acids is 1. The van der Waals surface area contributed by atoms with Gasteiger partial charge in [0.15, 0.2) is 0 Å². The zero-order valence-electron chi connectivity index (χ0n) is 10.7. The van der Waals surface area contributed by atoms with Crippen LogP contribution < -0.4 is 0 Å². The lowest BCUT2D eigenvalue weighted by Gasteiger charge is -2.38. The summed E-state index contributed by atoms with van der Waals surface area (Å²) in [7, 11) is 0. The molecule has 0 atom stereocenters. The number of halogens is 1. The number of ether oxygens (including phenoxy) is 1. The van der Waals surface area contributed by atoms with E-state index in [9.17, 15) is 4.79 Å². The SMILES string of the molecule is CC1(CCCOC(=O)c2[c]ccc(Cl)c2)CCC1. The van der Waals surface area contributed by atoms with Crippen molar-refractivity contribution in [1.29, 1.82) is 0 Å². The van der Waals surface area contributed by atoms with Crippen LogP contribution in [0.15, 0.2) is 18.2 Å². The summed E-state index contributed by atoms with van der Waals surface area (Å²) in [4.78, 5) is 11.7. The van der Waals surface area contributed by atoms with Crippen molar-refractivity contribution in [3.63, 3.8) is 0 Å². The van der Waals surface area contributed by atoms with Crippen LogP contribution in [0.1, 0.15) is 49.4 Å². The molecule has 1 fully saturated rings. The Morgan fingerprint density at radius 3 is 2.94 bits per heavy atom. The highest BCUT2D eigenvalue weighted by molar-refractivity contribution is 6.30. The van der Waals surface area contributed by atoms with Crippen LogP contribution in [-0.4, -0.2) is 12.6 Å². The Kier molecular flexibility index (Phi) is 4.28. The van der Waals surface area contributed by atoms with Crippen molar-refractivity contribution in [3.8, 4) is 0 Å². The van der Waals surface area contributed by atoms with Crippen molar-refractivity contribution in [3.05, 3.63) is 34.9 Å². The highest BCUT2D eigenvalue weighted by Gasteiger charge is 2.30. The lowest BCUT2D eigenvalue weighted by atomic mass is 9.68. The van der Waals surface area contributed by atoms with E-state index in [0.29, 0.717) is 22.6 Å². The van der Waals surface area contributed by atoms with Gasteiger partial charge in [-0.15, -0.1) is 0 Å². The Hall–Kier alpha value is -1.02. The van der Waals surface area contributed by atoms with Crippen molar-refractivity contribution in [2.75, 3.05) is 6.61 Å². The normalized spacial score (nSPS) is 17.0. The third kappa shape index (κ3) is 3.49. The largest absolute Gasteiger partial charge is 0.462 e. The van der Waals surface area contributed by atoms with Gasteiger partial charge in [-0.05, 0) is 49.3 Å². The Balaban J connectivity index is 1.71. The molecule has 0 saturated heterocycles. The maximum absolute atomic E-state index is 11.7. The van der Waals surface area contributed by atoms with E-state index < -0.39 is 0 Å². The van der Waals surface area contributed by atoms with E-state index in [0.717, 1.165) is 12.8 Å². The van der Waals surface area contributed by atoms with Crippen molar-refractivity contribution in [2.45, 2.75) is 39.0 Å². The van der Waals surface area contributed by atoms with Crippen LogP contribution in [0.2, 0.25) is 5.02 Å². The fraction of sp³-hybridized carbons (Fsp3) is 0.533. The summed E-state index contributed by atoms with van der Waals surface area (Å²) in [6, 6.07) is 7.73. The number of carbonyl (C=O) groups is 1. The molecule has 2 rings (SSSR count). The smallest absolute Gasteiger partial charge is 0.338 e. The second-order valence-corrected chi connectivity index (χ2v) is 5.76. The highest BCUT2D eigenvalue weighted by atomic mass is 35.5. The summed E-state index contributed by atoms with van der Waals surface area (Å²) in [5.74, 6) is -0.337. The average molecular weight is 266 g/mol. The lowest BCUT2D eigenvalue weighted by molar-refractivity contribution is 0.0460. The monoisotopic (exact) mass is 265 g/mol. The molecule has 0 heterocycles. The van der Waals surface area contributed by atoms with Crippen LogP contribution in [0, 0.1) is 11.5 Å². The first-order valence-electron chi connectivity index (χ1n) is 6.43. The molecule has 97 valence electrons. The molecule has 0 bridgehead atoms. The predicted molar refractivity (Wildman–Crippen MR) is 71.8 cm³/mol. The van der Waals surface area contributed by atoms with Crippen LogP contribution in [0.4, 0.5) is 0 Å². The highest BCUT2D eigenvalue weighted by Crippen LogP contribution is 2.43. The van der Waals surface area contributed by atoms with E-state index >= 15 is 0 Å². The number of esters is 1. The van der Waals surface area contributed by atoms with Crippen molar-refractivity contribution < 1.29 is 9.53 Å². The van der Waals surface area contributed by atoms with E-state index in [1.165, 1.54) is 19.3 Å². The molecule has 1 saturated carbocycles. The van der Waals surface area contributed by atoms with Crippen LogP contribution in [-0.2, 0) is 4.74 Å². The first kappa shape index (κ1) is 13.4. The summed E-state index contributed by atoms with van der Waals surface area (Å²) < 4.78 is 5.22. The molecule has 3 heteroatoms. The van der Waals surface area contributed by atoms with Crippen LogP contribution in [0.25, 0.3) is 0 Å². The number of hydrogen-bond donors (Lipinski definition) is 0. The first-order chi connectivity index (χ1) is 8.59. The summed E-state index contributed by atoms with van der Waals surface area (Å²) in [6.45, 7) is 2.79. The molecule has 0 N–H and O–H groups in total. The molecular weight excluding hydrogens is 248 g/mol. The van der Waals surface area contributed by atoms with E-state index in [4.69, 9.17) is 16.3 Å². The third-order valence-corrected chi connectivity index (χ3v) is 3.94. The molecule has 18 heavy (non-hydrogen) atoms. The topological polar surface area (TPSA) is 26.3 Å². The standard InChI is InChI=1S/C15H18ClO2/c1-15(7-3-8-15)9-4-10-18-14(17)12-5-2-6-13(16)11-12/h2,6,11H,3-4,7-10H2,1H3. The number of rotatable bonds is 5. The maximum atomic E-state index is 11.7. The molecule has 1 aliphatic carbocycles. The quantitative estimate of drug-likeness (QED) is 0.587. The van der Waals surface area contributed by atoms with Gasteiger partial charge in [-0.2, -0.15) is 0 Å². The van der Waals surface area contributed by atoms with Crippen molar-refractivity contribution in [2.24, 2.45) is 5.41 Å². The second kappa shape index (κ2) is 5.75. The lowest BCUT2D eigenvalue weighted by Crippen LogP contribution is -2.25. The molecule has 1 aromatic rings. The Morgan fingerprint density at radius 1 is 1.56 bits per heavy atom. The average Bonchev–Trinajstić information content (AvgIpc) is 2.32. The first-order valence-corrected chi connectivity index (χ1v) is 6.81. The van der Waals surface area contributed by atoms with Gasteiger partial charge < -0.3 is 4.74 Å². The molecule has 0 unspecified atom stereocenters. The number of benzene rings is 1. The molecule has 1 radical (unpaired) electrons. The van der Waals surface area contributed by atoms with Gasteiger partial charge in [0.2, 0.25) is 0 Å². The molecule has 1 aliphatic rings. The predicted octanol–water partition coefficient (Wildman–Crippen LogP) is 4.27. The van der Waals surface area contributed by atoms with Gasteiger partial charge in [0.25, 0.3) is 0 Å². The van der Waals surface area contributed by atoms with Crippen molar-refractivity contribution >= 4 is 17.6 Å². The molecular formula is C15H18ClO2. The van der Waals surface area contributed by atoms with Crippen LogP contribution >= 0.6 is 11.6 Å². The van der Waals surface area contributed by atoms with Crippen LogP contribution in [0.5, 0.6) is 0 Å². The minimum absolute atomic E-state index is 0.337. The van der Waals surface area contributed by atoms with Gasteiger partial charge >= 0.3 is 5.97 Å². The second-order valence-electron chi connectivity index (χ2n) is 5.32. The van der Waals surface area contributed by atoms with E-state index in [2.05, 4.69) is 13.0 Å². The van der Waals surface area contributed by atoms with Crippen molar-refractivity contribution in [1.82, 2.24) is 0 Å². The zero-order valence-corrected chi connectivity index (χ0v) is 11.4. The van der Waals surface area contributed by atoms with E-state index in [1.54, 1.807) is 18.2 Å².